The maximum atomic E-state index is 11.7. The Hall–Kier alpha value is -0.860. The summed E-state index contributed by atoms with van der Waals surface area (Å²) >= 11 is 0. The average Bonchev–Trinajstić information content (AvgIpc) is 2.14. The van der Waals surface area contributed by atoms with Crippen molar-refractivity contribution < 1.29 is 4.39 Å². The molecule has 1 aromatic heterocycles. The molecule has 1 heterocycles. The Kier molecular flexibility index (Phi) is 1.28. The summed E-state index contributed by atoms with van der Waals surface area (Å²) in [5, 5.41) is 3.64. The average molecular weight is 113 g/mol. The summed E-state index contributed by atoms with van der Waals surface area (Å²) in [6.07, 6.45) is 4.09. The number of aryl methyl sites for hydroxylation is 1. The van der Waals surface area contributed by atoms with Crippen LogP contribution in [0.4, 0.5) is 4.39 Å². The fraction of sp³-hybridized carbons (Fsp3) is 0.400. The van der Waals surface area contributed by atoms with Crippen LogP contribution in [0.25, 0.3) is 0 Å². The molecular weight excluding hydrogens is 107 g/mol. The van der Waals surface area contributed by atoms with E-state index in [-0.39, 0.29) is 0 Å². The summed E-state index contributed by atoms with van der Waals surface area (Å²) in [5.41, 5.74) is 0.507. The van der Waals surface area contributed by atoms with Gasteiger partial charge in [0.05, 0.1) is 0 Å². The lowest BCUT2D eigenvalue weighted by atomic mass is 10.4. The highest BCUT2D eigenvalue weighted by molar-refractivity contribution is 4.98. The van der Waals surface area contributed by atoms with Crippen LogP contribution in [0.5, 0.6) is 0 Å². The van der Waals surface area contributed by atoms with Crippen molar-refractivity contribution >= 4 is 0 Å². The Morgan fingerprint density at radius 2 is 2.75 bits per heavy atom. The second-order valence-electron chi connectivity index (χ2n) is 1.57. The van der Waals surface area contributed by atoms with E-state index in [1.807, 2.05) is 0 Å². The van der Waals surface area contributed by atoms with Crippen LogP contribution in [0.2, 0.25) is 0 Å². The molecule has 0 aliphatic heterocycles. The zero-order valence-electron chi connectivity index (χ0n) is 4.56. The Labute approximate surface area is 46.9 Å². The molecule has 0 aliphatic carbocycles. The number of aromatic nitrogens is 2. The van der Waals surface area contributed by atoms with Gasteiger partial charge in [0.1, 0.15) is 12.9 Å². The van der Waals surface area contributed by atoms with Gasteiger partial charge in [-0.1, -0.05) is 0 Å². The van der Waals surface area contributed by atoms with Crippen molar-refractivity contribution in [2.24, 2.45) is 7.05 Å². The number of hydrogen-bond acceptors (Lipinski definition) is 1. The molecule has 0 saturated heterocycles. The molecule has 0 unspecified atom stereocenters. The van der Waals surface area contributed by atoms with Gasteiger partial charge in [-0.25, -0.2) is 4.39 Å². The first-order valence-corrected chi connectivity index (χ1v) is 2.29. The van der Waals surface area contributed by atoms with E-state index in [1.54, 1.807) is 13.2 Å². The van der Waals surface area contributed by atoms with Crippen LogP contribution in [0.1, 0.15) is 5.56 Å². The minimum atomic E-state index is -0.478. The lowest BCUT2D eigenvalue weighted by Crippen LogP contribution is -1.84. The van der Waals surface area contributed by atoms with Gasteiger partial charge < -0.3 is 0 Å². The van der Waals surface area contributed by atoms with Crippen LogP contribution in [-0.2, 0) is 13.7 Å². The SMILES string of the molecule is Cn1cc(CF)[c]n1. The topological polar surface area (TPSA) is 17.8 Å². The van der Waals surface area contributed by atoms with E-state index in [9.17, 15) is 4.39 Å². The molecule has 0 N–H and O–H groups in total. The minimum Gasteiger partial charge on any atom is -0.275 e. The van der Waals surface area contributed by atoms with E-state index in [2.05, 4.69) is 11.3 Å². The molecular formula is C5H6FN2. The second kappa shape index (κ2) is 1.94. The zero-order valence-corrected chi connectivity index (χ0v) is 4.56. The van der Waals surface area contributed by atoms with E-state index in [0.717, 1.165) is 0 Å². The molecule has 0 spiro atoms. The Balaban J connectivity index is 2.84. The monoisotopic (exact) mass is 113 g/mol. The van der Waals surface area contributed by atoms with E-state index < -0.39 is 6.67 Å². The summed E-state index contributed by atoms with van der Waals surface area (Å²) < 4.78 is 13.2. The van der Waals surface area contributed by atoms with E-state index in [4.69, 9.17) is 0 Å². The standard InChI is InChI=1S/C5H6FN2/c1-8-4-5(2-6)3-7-8/h4H,2H2,1H3. The highest BCUT2D eigenvalue weighted by atomic mass is 19.1. The van der Waals surface area contributed by atoms with Gasteiger partial charge in [0.2, 0.25) is 0 Å². The van der Waals surface area contributed by atoms with Crippen molar-refractivity contribution in [1.82, 2.24) is 9.78 Å². The van der Waals surface area contributed by atoms with Gasteiger partial charge in [-0.3, -0.25) is 4.68 Å². The Morgan fingerprint density at radius 1 is 2.00 bits per heavy atom. The van der Waals surface area contributed by atoms with Gasteiger partial charge >= 0.3 is 0 Å². The number of hydrogen-bond donors (Lipinski definition) is 0. The zero-order chi connectivity index (χ0) is 5.98. The van der Waals surface area contributed by atoms with Crippen molar-refractivity contribution in [3.05, 3.63) is 18.0 Å². The largest absolute Gasteiger partial charge is 0.275 e. The first-order chi connectivity index (χ1) is 3.83. The number of nitrogens with zero attached hydrogens (tertiary/aromatic N) is 2. The van der Waals surface area contributed by atoms with Crippen LogP contribution in [0.15, 0.2) is 6.20 Å². The summed E-state index contributed by atoms with van der Waals surface area (Å²) in [4.78, 5) is 0. The molecule has 0 fully saturated rings. The third-order valence-corrected chi connectivity index (χ3v) is 0.838. The normalized spacial score (nSPS) is 9.75. The molecule has 1 rings (SSSR count). The molecule has 43 valence electrons. The van der Waals surface area contributed by atoms with Crippen molar-refractivity contribution in [2.75, 3.05) is 0 Å². The number of alkyl halides is 1. The molecule has 0 saturated carbocycles. The number of halogens is 1. The summed E-state index contributed by atoms with van der Waals surface area (Å²) in [5.74, 6) is 0. The Morgan fingerprint density at radius 3 is 3.00 bits per heavy atom. The molecule has 1 radical (unpaired) electrons. The molecule has 8 heavy (non-hydrogen) atoms. The summed E-state index contributed by atoms with van der Waals surface area (Å²) in [7, 11) is 1.73. The molecule has 0 bridgehead atoms. The molecule has 0 aromatic carbocycles. The lowest BCUT2D eigenvalue weighted by molar-refractivity contribution is 0.484. The third-order valence-electron chi connectivity index (χ3n) is 0.838. The predicted octanol–water partition coefficient (Wildman–Crippen LogP) is 0.690. The van der Waals surface area contributed by atoms with Crippen LogP contribution >= 0.6 is 0 Å². The van der Waals surface area contributed by atoms with Crippen molar-refractivity contribution in [2.45, 2.75) is 6.67 Å². The Bertz CT molecular complexity index is 171. The smallest absolute Gasteiger partial charge is 0.119 e. The van der Waals surface area contributed by atoms with E-state index in [1.165, 1.54) is 4.68 Å². The minimum absolute atomic E-state index is 0.478. The van der Waals surface area contributed by atoms with Crippen LogP contribution < -0.4 is 0 Å². The second-order valence-corrected chi connectivity index (χ2v) is 1.57. The molecule has 0 atom stereocenters. The first-order valence-electron chi connectivity index (χ1n) is 2.29. The van der Waals surface area contributed by atoms with Crippen molar-refractivity contribution in [3.63, 3.8) is 0 Å². The molecule has 1 aromatic rings. The van der Waals surface area contributed by atoms with Gasteiger partial charge in [-0.15, -0.1) is 0 Å². The molecule has 0 aliphatic rings. The van der Waals surface area contributed by atoms with Gasteiger partial charge in [-0.05, 0) is 0 Å². The predicted molar refractivity (Wildman–Crippen MR) is 26.9 cm³/mol. The maximum Gasteiger partial charge on any atom is 0.119 e. The highest BCUT2D eigenvalue weighted by Gasteiger charge is 1.91. The van der Waals surface area contributed by atoms with Gasteiger partial charge in [0, 0.05) is 18.8 Å². The van der Waals surface area contributed by atoms with E-state index >= 15 is 0 Å². The molecule has 3 heteroatoms. The highest BCUT2D eigenvalue weighted by Crippen LogP contribution is 1.95. The van der Waals surface area contributed by atoms with Crippen molar-refractivity contribution in [1.29, 1.82) is 0 Å². The fourth-order valence-corrected chi connectivity index (χ4v) is 0.491. The summed E-state index contributed by atoms with van der Waals surface area (Å²) in [6.45, 7) is -0.478. The quantitative estimate of drug-likeness (QED) is 0.524. The van der Waals surface area contributed by atoms with Gasteiger partial charge in [-0.2, -0.15) is 5.10 Å². The van der Waals surface area contributed by atoms with Crippen LogP contribution in [0.3, 0.4) is 0 Å². The van der Waals surface area contributed by atoms with Crippen LogP contribution in [-0.4, -0.2) is 9.78 Å². The first kappa shape index (κ1) is 5.28. The summed E-state index contributed by atoms with van der Waals surface area (Å²) in [6, 6.07) is 0. The fourth-order valence-electron chi connectivity index (χ4n) is 0.491. The molecule has 2 nitrogen and oxygen atoms in total. The maximum absolute atomic E-state index is 11.7. The van der Waals surface area contributed by atoms with E-state index in [0.29, 0.717) is 5.56 Å². The van der Waals surface area contributed by atoms with Crippen molar-refractivity contribution in [3.8, 4) is 0 Å². The van der Waals surface area contributed by atoms with Crippen LogP contribution in [0, 0.1) is 6.20 Å². The van der Waals surface area contributed by atoms with Gasteiger partial charge in [0.25, 0.3) is 0 Å². The molecule has 0 amide bonds. The van der Waals surface area contributed by atoms with Gasteiger partial charge in [0.15, 0.2) is 0 Å². The number of rotatable bonds is 1. The third kappa shape index (κ3) is 0.857. The lowest BCUT2D eigenvalue weighted by Gasteiger charge is -1.80.